The Bertz CT molecular complexity index is 633. The van der Waals surface area contributed by atoms with Gasteiger partial charge in [0.05, 0.1) is 17.2 Å². The van der Waals surface area contributed by atoms with Crippen LogP contribution in [0.2, 0.25) is 5.02 Å². The Morgan fingerprint density at radius 1 is 1.33 bits per heavy atom. The molecule has 0 aliphatic carbocycles. The fourth-order valence-corrected chi connectivity index (χ4v) is 2.22. The van der Waals surface area contributed by atoms with Crippen LogP contribution in [0.4, 0.5) is 11.8 Å². The van der Waals surface area contributed by atoms with Crippen LogP contribution in [0.1, 0.15) is 13.8 Å². The number of hydrogen-bond donors (Lipinski definition) is 2. The molecule has 0 aliphatic rings. The SMILES string of the molecule is COCC(C)(C)Nc1nc(N)ncc1-c1ccncc1Cl. The van der Waals surface area contributed by atoms with Crippen LogP contribution < -0.4 is 11.1 Å². The third-order valence-corrected chi connectivity index (χ3v) is 3.13. The van der Waals surface area contributed by atoms with Gasteiger partial charge in [-0.3, -0.25) is 4.98 Å². The van der Waals surface area contributed by atoms with Crippen molar-refractivity contribution in [1.82, 2.24) is 15.0 Å². The van der Waals surface area contributed by atoms with Crippen molar-refractivity contribution in [3.8, 4) is 11.1 Å². The van der Waals surface area contributed by atoms with Crippen LogP contribution >= 0.6 is 11.6 Å². The molecular weight excluding hydrogens is 290 g/mol. The minimum Gasteiger partial charge on any atom is -0.382 e. The van der Waals surface area contributed by atoms with Crippen LogP contribution in [0.5, 0.6) is 0 Å². The number of anilines is 2. The minimum atomic E-state index is -0.316. The van der Waals surface area contributed by atoms with E-state index in [1.807, 2.05) is 19.9 Å². The Balaban J connectivity index is 2.46. The Morgan fingerprint density at radius 3 is 2.76 bits per heavy atom. The van der Waals surface area contributed by atoms with Gasteiger partial charge in [-0.2, -0.15) is 4.98 Å². The Labute approximate surface area is 128 Å². The normalized spacial score (nSPS) is 11.4. The number of hydrogen-bond acceptors (Lipinski definition) is 6. The molecular formula is C14H18ClN5O. The second-order valence-corrected chi connectivity index (χ2v) is 5.70. The number of aromatic nitrogens is 3. The highest BCUT2D eigenvalue weighted by atomic mass is 35.5. The summed E-state index contributed by atoms with van der Waals surface area (Å²) in [6.07, 6.45) is 4.90. The fourth-order valence-electron chi connectivity index (χ4n) is 2.00. The van der Waals surface area contributed by atoms with E-state index in [2.05, 4.69) is 20.3 Å². The van der Waals surface area contributed by atoms with Crippen molar-refractivity contribution in [1.29, 1.82) is 0 Å². The van der Waals surface area contributed by atoms with E-state index in [0.717, 1.165) is 11.1 Å². The summed E-state index contributed by atoms with van der Waals surface area (Å²) in [7, 11) is 1.65. The molecule has 112 valence electrons. The number of nitrogens with two attached hydrogens (primary N) is 1. The lowest BCUT2D eigenvalue weighted by atomic mass is 10.1. The van der Waals surface area contributed by atoms with Crippen LogP contribution in [0, 0.1) is 0 Å². The first-order chi connectivity index (χ1) is 9.93. The maximum absolute atomic E-state index is 6.20. The van der Waals surface area contributed by atoms with Crippen LogP contribution in [-0.2, 0) is 4.74 Å². The molecule has 0 fully saturated rings. The molecule has 0 aliphatic heterocycles. The van der Waals surface area contributed by atoms with Crippen molar-refractivity contribution in [2.45, 2.75) is 19.4 Å². The topological polar surface area (TPSA) is 86.0 Å². The first-order valence-electron chi connectivity index (χ1n) is 6.42. The van der Waals surface area contributed by atoms with Gasteiger partial charge in [0.25, 0.3) is 0 Å². The summed E-state index contributed by atoms with van der Waals surface area (Å²) >= 11 is 6.20. The molecule has 2 rings (SSSR count). The molecule has 0 saturated carbocycles. The highest BCUT2D eigenvalue weighted by molar-refractivity contribution is 6.33. The van der Waals surface area contributed by atoms with Gasteiger partial charge in [0.1, 0.15) is 5.82 Å². The van der Waals surface area contributed by atoms with Crippen LogP contribution in [0.3, 0.4) is 0 Å². The minimum absolute atomic E-state index is 0.194. The Morgan fingerprint density at radius 2 is 2.10 bits per heavy atom. The van der Waals surface area contributed by atoms with E-state index in [9.17, 15) is 0 Å². The van der Waals surface area contributed by atoms with Crippen LogP contribution in [0.25, 0.3) is 11.1 Å². The number of ether oxygens (including phenoxy) is 1. The summed E-state index contributed by atoms with van der Waals surface area (Å²) in [5.74, 6) is 0.803. The van der Waals surface area contributed by atoms with E-state index in [0.29, 0.717) is 17.4 Å². The highest BCUT2D eigenvalue weighted by Crippen LogP contribution is 2.32. The summed E-state index contributed by atoms with van der Waals surface area (Å²) in [6.45, 7) is 4.53. The van der Waals surface area contributed by atoms with Crippen molar-refractivity contribution in [3.05, 3.63) is 29.7 Å². The third kappa shape index (κ3) is 3.80. The maximum Gasteiger partial charge on any atom is 0.221 e. The molecule has 0 spiro atoms. The number of methoxy groups -OCH3 is 1. The number of halogens is 1. The van der Waals surface area contributed by atoms with Crippen molar-refractivity contribution in [2.24, 2.45) is 0 Å². The Kier molecular flexibility index (Phi) is 4.59. The predicted octanol–water partition coefficient (Wildman–Crippen LogP) is 2.61. The van der Waals surface area contributed by atoms with Gasteiger partial charge in [0.2, 0.25) is 5.95 Å². The lowest BCUT2D eigenvalue weighted by molar-refractivity contribution is 0.158. The standard InChI is InChI=1S/C14H18ClN5O/c1-14(2,8-21-3)20-12-10(6-18-13(16)19-12)9-4-5-17-7-11(9)15/h4-7H,8H2,1-3H3,(H3,16,18,19,20). The molecule has 2 aromatic rings. The molecule has 0 unspecified atom stereocenters. The molecule has 21 heavy (non-hydrogen) atoms. The second-order valence-electron chi connectivity index (χ2n) is 5.29. The maximum atomic E-state index is 6.20. The van der Waals surface area contributed by atoms with Crippen LogP contribution in [0.15, 0.2) is 24.7 Å². The third-order valence-electron chi connectivity index (χ3n) is 2.83. The monoisotopic (exact) mass is 307 g/mol. The van der Waals surface area contributed by atoms with Crippen molar-refractivity contribution in [2.75, 3.05) is 24.8 Å². The summed E-state index contributed by atoms with van der Waals surface area (Å²) in [5, 5.41) is 3.85. The quantitative estimate of drug-likeness (QED) is 0.883. The smallest absolute Gasteiger partial charge is 0.221 e. The highest BCUT2D eigenvalue weighted by Gasteiger charge is 2.21. The summed E-state index contributed by atoms with van der Waals surface area (Å²) in [5.41, 5.74) is 6.94. The number of nitrogen functional groups attached to an aromatic ring is 1. The van der Waals surface area contributed by atoms with E-state index in [1.54, 1.807) is 25.7 Å². The average molecular weight is 308 g/mol. The summed E-state index contributed by atoms with van der Waals surface area (Å²) in [6, 6.07) is 1.81. The first kappa shape index (κ1) is 15.5. The summed E-state index contributed by atoms with van der Waals surface area (Å²) in [4.78, 5) is 12.3. The molecule has 0 radical (unpaired) electrons. The number of rotatable bonds is 5. The zero-order valence-corrected chi connectivity index (χ0v) is 13.0. The zero-order valence-electron chi connectivity index (χ0n) is 12.2. The molecule has 2 aromatic heterocycles. The predicted molar refractivity (Wildman–Crippen MR) is 84.3 cm³/mol. The van der Waals surface area contributed by atoms with Gasteiger partial charge in [0.15, 0.2) is 0 Å². The molecule has 0 amide bonds. The van der Waals surface area contributed by atoms with E-state index < -0.39 is 0 Å². The first-order valence-corrected chi connectivity index (χ1v) is 6.80. The molecule has 0 aromatic carbocycles. The molecule has 6 nitrogen and oxygen atoms in total. The molecule has 0 saturated heterocycles. The fraction of sp³-hybridized carbons (Fsp3) is 0.357. The van der Waals surface area contributed by atoms with Crippen molar-refractivity contribution in [3.63, 3.8) is 0 Å². The van der Waals surface area contributed by atoms with Gasteiger partial charge in [-0.25, -0.2) is 4.98 Å². The zero-order chi connectivity index (χ0) is 15.5. The Hall–Kier alpha value is -1.92. The average Bonchev–Trinajstić information content (AvgIpc) is 2.39. The van der Waals surface area contributed by atoms with Gasteiger partial charge < -0.3 is 15.8 Å². The second kappa shape index (κ2) is 6.24. The van der Waals surface area contributed by atoms with Crippen molar-refractivity contribution < 1.29 is 4.74 Å². The van der Waals surface area contributed by atoms with E-state index in [-0.39, 0.29) is 11.5 Å². The number of nitrogens with zero attached hydrogens (tertiary/aromatic N) is 3. The summed E-state index contributed by atoms with van der Waals surface area (Å²) < 4.78 is 5.21. The van der Waals surface area contributed by atoms with Gasteiger partial charge >= 0.3 is 0 Å². The molecule has 2 heterocycles. The van der Waals surface area contributed by atoms with E-state index in [4.69, 9.17) is 22.1 Å². The van der Waals surface area contributed by atoms with E-state index >= 15 is 0 Å². The van der Waals surface area contributed by atoms with Crippen LogP contribution in [-0.4, -0.2) is 34.2 Å². The molecule has 3 N–H and O–H groups in total. The molecule has 7 heteroatoms. The lowest BCUT2D eigenvalue weighted by Gasteiger charge is -2.27. The van der Waals surface area contributed by atoms with Gasteiger partial charge in [-0.1, -0.05) is 11.6 Å². The number of pyridine rings is 1. The van der Waals surface area contributed by atoms with Gasteiger partial charge in [-0.05, 0) is 19.9 Å². The van der Waals surface area contributed by atoms with Crippen molar-refractivity contribution >= 4 is 23.4 Å². The number of nitrogens with one attached hydrogen (secondary N) is 1. The van der Waals surface area contributed by atoms with E-state index in [1.165, 1.54) is 0 Å². The van der Waals surface area contributed by atoms with Gasteiger partial charge in [-0.15, -0.1) is 0 Å². The molecule has 0 bridgehead atoms. The largest absolute Gasteiger partial charge is 0.382 e. The van der Waals surface area contributed by atoms with Gasteiger partial charge in [0, 0.05) is 36.8 Å². The lowest BCUT2D eigenvalue weighted by Crippen LogP contribution is -2.36. The molecule has 0 atom stereocenters.